The van der Waals surface area contributed by atoms with Crippen LogP contribution in [0.1, 0.15) is 29.6 Å². The normalized spacial score (nSPS) is 18.0. The quantitative estimate of drug-likeness (QED) is 0.720. The second kappa shape index (κ2) is 9.43. The van der Waals surface area contributed by atoms with Crippen molar-refractivity contribution in [3.8, 4) is 5.75 Å². The molecule has 0 saturated carbocycles. The topological polar surface area (TPSA) is 59.6 Å². The Hall–Kier alpha value is -1.59. The van der Waals surface area contributed by atoms with Crippen LogP contribution in [0.2, 0.25) is 0 Å². The Morgan fingerprint density at radius 2 is 2.32 bits per heavy atom. The van der Waals surface area contributed by atoms with Gasteiger partial charge in [0.1, 0.15) is 5.75 Å². The summed E-state index contributed by atoms with van der Waals surface area (Å²) < 4.78 is 10.6. The van der Waals surface area contributed by atoms with Crippen LogP contribution in [0, 0.1) is 5.92 Å². The monoisotopic (exact) mass is 306 g/mol. The van der Waals surface area contributed by atoms with E-state index in [0.717, 1.165) is 31.8 Å². The van der Waals surface area contributed by atoms with Gasteiger partial charge in [-0.05, 0) is 50.0 Å². The molecule has 5 nitrogen and oxygen atoms in total. The van der Waals surface area contributed by atoms with Crippen LogP contribution in [0.5, 0.6) is 5.75 Å². The van der Waals surface area contributed by atoms with Gasteiger partial charge in [-0.1, -0.05) is 6.07 Å². The van der Waals surface area contributed by atoms with E-state index in [-0.39, 0.29) is 5.91 Å². The summed E-state index contributed by atoms with van der Waals surface area (Å²) in [5.41, 5.74) is 0.646. The minimum Gasteiger partial charge on any atom is -0.493 e. The summed E-state index contributed by atoms with van der Waals surface area (Å²) >= 11 is 0. The molecule has 1 aliphatic heterocycles. The zero-order valence-electron chi connectivity index (χ0n) is 13.3. The zero-order valence-corrected chi connectivity index (χ0v) is 13.3. The second-order valence-corrected chi connectivity index (χ2v) is 5.65. The molecule has 122 valence electrons. The van der Waals surface area contributed by atoms with Crippen molar-refractivity contribution < 1.29 is 14.3 Å². The van der Waals surface area contributed by atoms with Crippen LogP contribution in [0.4, 0.5) is 0 Å². The Bertz CT molecular complexity index is 459. The molecular formula is C17H26N2O3. The van der Waals surface area contributed by atoms with E-state index >= 15 is 0 Å². The first-order valence-electron chi connectivity index (χ1n) is 8.00. The molecule has 0 spiro atoms. The molecule has 1 aromatic rings. The fraction of sp³-hybridized carbons (Fsp3) is 0.588. The third-order valence-corrected chi connectivity index (χ3v) is 3.81. The summed E-state index contributed by atoms with van der Waals surface area (Å²) in [6.07, 6.45) is 3.20. The molecule has 1 unspecified atom stereocenters. The number of methoxy groups -OCH3 is 1. The van der Waals surface area contributed by atoms with Crippen molar-refractivity contribution in [3.63, 3.8) is 0 Å². The van der Waals surface area contributed by atoms with Crippen LogP contribution >= 0.6 is 0 Å². The van der Waals surface area contributed by atoms with Gasteiger partial charge in [-0.3, -0.25) is 4.79 Å². The maximum atomic E-state index is 12.2. The van der Waals surface area contributed by atoms with E-state index in [1.807, 2.05) is 18.2 Å². The number of piperidine rings is 1. The van der Waals surface area contributed by atoms with Crippen molar-refractivity contribution in [2.75, 3.05) is 40.0 Å². The van der Waals surface area contributed by atoms with Gasteiger partial charge in [0.05, 0.1) is 6.61 Å². The summed E-state index contributed by atoms with van der Waals surface area (Å²) in [7, 11) is 1.67. The van der Waals surface area contributed by atoms with Crippen molar-refractivity contribution in [2.24, 2.45) is 5.92 Å². The molecule has 0 bridgehead atoms. The van der Waals surface area contributed by atoms with E-state index in [2.05, 4.69) is 10.6 Å². The average molecular weight is 306 g/mol. The average Bonchev–Trinajstić information content (AvgIpc) is 2.58. The first-order valence-corrected chi connectivity index (χ1v) is 8.00. The molecule has 22 heavy (non-hydrogen) atoms. The number of benzene rings is 1. The van der Waals surface area contributed by atoms with E-state index in [0.29, 0.717) is 24.7 Å². The molecule has 2 N–H and O–H groups in total. The maximum Gasteiger partial charge on any atom is 0.251 e. The minimum absolute atomic E-state index is 0.0343. The molecule has 1 atom stereocenters. The van der Waals surface area contributed by atoms with Gasteiger partial charge in [0.2, 0.25) is 0 Å². The van der Waals surface area contributed by atoms with Crippen molar-refractivity contribution >= 4 is 5.91 Å². The Labute approximate surface area is 132 Å². The van der Waals surface area contributed by atoms with Gasteiger partial charge in [0.25, 0.3) is 5.91 Å². The Morgan fingerprint density at radius 3 is 3.09 bits per heavy atom. The summed E-state index contributed by atoms with van der Waals surface area (Å²) in [5, 5.41) is 6.38. The Kier molecular flexibility index (Phi) is 7.19. The second-order valence-electron chi connectivity index (χ2n) is 5.65. The lowest BCUT2D eigenvalue weighted by Gasteiger charge is -2.22. The Morgan fingerprint density at radius 1 is 1.41 bits per heavy atom. The van der Waals surface area contributed by atoms with Crippen molar-refractivity contribution in [1.29, 1.82) is 0 Å². The van der Waals surface area contributed by atoms with E-state index in [1.54, 1.807) is 13.2 Å². The molecule has 2 rings (SSSR count). The fourth-order valence-corrected chi connectivity index (χ4v) is 2.56. The van der Waals surface area contributed by atoms with Crippen LogP contribution in [0.15, 0.2) is 24.3 Å². The number of ether oxygens (including phenoxy) is 2. The number of rotatable bonds is 8. The van der Waals surface area contributed by atoms with Crippen LogP contribution in [0.25, 0.3) is 0 Å². The maximum absolute atomic E-state index is 12.2. The van der Waals surface area contributed by atoms with Crippen LogP contribution in [-0.4, -0.2) is 45.9 Å². The molecule has 1 heterocycles. The SMILES string of the molecule is COCCCOc1cccc(C(=O)NCC2CCCNC2)c1. The van der Waals surface area contributed by atoms with Gasteiger partial charge in [-0.2, -0.15) is 0 Å². The smallest absolute Gasteiger partial charge is 0.251 e. The van der Waals surface area contributed by atoms with Gasteiger partial charge in [-0.15, -0.1) is 0 Å². The van der Waals surface area contributed by atoms with E-state index in [4.69, 9.17) is 9.47 Å². The highest BCUT2D eigenvalue weighted by Crippen LogP contribution is 2.14. The van der Waals surface area contributed by atoms with Crippen molar-refractivity contribution in [3.05, 3.63) is 29.8 Å². The summed E-state index contributed by atoms with van der Waals surface area (Å²) in [6, 6.07) is 7.33. The zero-order chi connectivity index (χ0) is 15.6. The van der Waals surface area contributed by atoms with Crippen molar-refractivity contribution in [2.45, 2.75) is 19.3 Å². The fourth-order valence-electron chi connectivity index (χ4n) is 2.56. The van der Waals surface area contributed by atoms with Crippen LogP contribution < -0.4 is 15.4 Å². The van der Waals surface area contributed by atoms with Gasteiger partial charge < -0.3 is 20.1 Å². The number of carbonyl (C=O) groups excluding carboxylic acids is 1. The predicted octanol–water partition coefficient (Wildman–Crippen LogP) is 1.83. The van der Waals surface area contributed by atoms with E-state index in [9.17, 15) is 4.79 Å². The van der Waals surface area contributed by atoms with Gasteiger partial charge >= 0.3 is 0 Å². The number of hydrogen-bond acceptors (Lipinski definition) is 4. The van der Waals surface area contributed by atoms with Crippen molar-refractivity contribution in [1.82, 2.24) is 10.6 Å². The highest BCUT2D eigenvalue weighted by Gasteiger charge is 2.14. The third-order valence-electron chi connectivity index (χ3n) is 3.81. The van der Waals surface area contributed by atoms with Gasteiger partial charge in [0.15, 0.2) is 0 Å². The molecule has 0 aliphatic carbocycles. The van der Waals surface area contributed by atoms with Crippen LogP contribution in [0.3, 0.4) is 0 Å². The molecule has 0 radical (unpaired) electrons. The molecule has 5 heteroatoms. The number of carbonyl (C=O) groups is 1. The highest BCUT2D eigenvalue weighted by atomic mass is 16.5. The number of amides is 1. The molecule has 0 aromatic heterocycles. The number of nitrogens with one attached hydrogen (secondary N) is 2. The molecule has 1 saturated heterocycles. The number of hydrogen-bond donors (Lipinski definition) is 2. The Balaban J connectivity index is 1.78. The van der Waals surface area contributed by atoms with E-state index < -0.39 is 0 Å². The third kappa shape index (κ3) is 5.66. The van der Waals surface area contributed by atoms with Crippen LogP contribution in [-0.2, 0) is 4.74 Å². The molecule has 1 aromatic carbocycles. The molecular weight excluding hydrogens is 280 g/mol. The summed E-state index contributed by atoms with van der Waals surface area (Å²) in [4.78, 5) is 12.2. The largest absolute Gasteiger partial charge is 0.493 e. The van der Waals surface area contributed by atoms with E-state index in [1.165, 1.54) is 12.8 Å². The lowest BCUT2D eigenvalue weighted by atomic mass is 9.99. The van der Waals surface area contributed by atoms with Gasteiger partial charge in [-0.25, -0.2) is 0 Å². The minimum atomic E-state index is -0.0343. The lowest BCUT2D eigenvalue weighted by Crippen LogP contribution is -2.38. The first kappa shape index (κ1) is 16.8. The summed E-state index contributed by atoms with van der Waals surface area (Å²) in [6.45, 7) is 4.07. The first-order chi connectivity index (χ1) is 10.8. The standard InChI is InChI=1S/C17H26N2O3/c1-21-9-4-10-22-16-7-2-6-15(11-16)17(20)19-13-14-5-3-8-18-12-14/h2,6-7,11,14,18H,3-5,8-10,12-13H2,1H3,(H,19,20). The summed E-state index contributed by atoms with van der Waals surface area (Å²) in [5.74, 6) is 1.22. The predicted molar refractivity (Wildman–Crippen MR) is 86.4 cm³/mol. The highest BCUT2D eigenvalue weighted by molar-refractivity contribution is 5.94. The lowest BCUT2D eigenvalue weighted by molar-refractivity contribution is 0.0944. The molecule has 1 aliphatic rings. The molecule has 1 fully saturated rings. The molecule has 1 amide bonds. The van der Waals surface area contributed by atoms with Gasteiger partial charge in [0, 0.05) is 32.2 Å².